The van der Waals surface area contributed by atoms with E-state index in [1.165, 1.54) is 5.56 Å². The second-order valence-electron chi connectivity index (χ2n) is 4.27. The third-order valence-electron chi connectivity index (χ3n) is 2.56. The van der Waals surface area contributed by atoms with Crippen LogP contribution in [0.1, 0.15) is 19.4 Å². The van der Waals surface area contributed by atoms with Gasteiger partial charge in [0.2, 0.25) is 0 Å². The van der Waals surface area contributed by atoms with Crippen LogP contribution in [0.2, 0.25) is 0 Å². The van der Waals surface area contributed by atoms with Crippen molar-refractivity contribution in [2.45, 2.75) is 25.8 Å². The normalized spacial score (nSPS) is 11.5. The summed E-state index contributed by atoms with van der Waals surface area (Å²) in [6.07, 6.45) is 0.944. The van der Waals surface area contributed by atoms with E-state index in [4.69, 9.17) is 4.74 Å². The van der Waals surface area contributed by atoms with Gasteiger partial charge in [0.25, 0.3) is 0 Å². The molecule has 0 radical (unpaired) electrons. The molecule has 1 aromatic rings. The molecule has 2 nitrogen and oxygen atoms in total. The minimum atomic E-state index is 0.0844. The first-order valence-corrected chi connectivity index (χ1v) is 5.79. The van der Waals surface area contributed by atoms with Crippen LogP contribution >= 0.6 is 15.9 Å². The van der Waals surface area contributed by atoms with Crippen molar-refractivity contribution >= 4 is 15.9 Å². The monoisotopic (exact) mass is 271 g/mol. The Morgan fingerprint density at radius 1 is 1.40 bits per heavy atom. The predicted molar refractivity (Wildman–Crippen MR) is 67.5 cm³/mol. The summed E-state index contributed by atoms with van der Waals surface area (Å²) >= 11 is 3.44. The van der Waals surface area contributed by atoms with Crippen LogP contribution in [-0.2, 0) is 6.42 Å². The Hall–Kier alpha value is -0.540. The maximum atomic E-state index is 5.36. The highest BCUT2D eigenvalue weighted by atomic mass is 79.9. The SMILES string of the molecule is CNC(C)(C)Cc1ccc(Br)cc1OC. The van der Waals surface area contributed by atoms with E-state index >= 15 is 0 Å². The minimum absolute atomic E-state index is 0.0844. The van der Waals surface area contributed by atoms with Gasteiger partial charge < -0.3 is 10.1 Å². The third-order valence-corrected chi connectivity index (χ3v) is 3.05. The topological polar surface area (TPSA) is 21.3 Å². The molecule has 0 amide bonds. The van der Waals surface area contributed by atoms with Crippen molar-refractivity contribution in [3.05, 3.63) is 28.2 Å². The Bertz CT molecular complexity index is 336. The Morgan fingerprint density at radius 2 is 2.07 bits per heavy atom. The van der Waals surface area contributed by atoms with Gasteiger partial charge in [0.1, 0.15) is 5.75 Å². The molecule has 0 saturated carbocycles. The molecule has 84 valence electrons. The van der Waals surface area contributed by atoms with Crippen molar-refractivity contribution in [2.24, 2.45) is 0 Å². The number of nitrogens with one attached hydrogen (secondary N) is 1. The van der Waals surface area contributed by atoms with Crippen molar-refractivity contribution in [2.75, 3.05) is 14.2 Å². The molecule has 0 aliphatic rings. The summed E-state index contributed by atoms with van der Waals surface area (Å²) in [7, 11) is 3.68. The number of halogens is 1. The van der Waals surface area contributed by atoms with Gasteiger partial charge >= 0.3 is 0 Å². The van der Waals surface area contributed by atoms with Crippen molar-refractivity contribution in [3.8, 4) is 5.75 Å². The van der Waals surface area contributed by atoms with Gasteiger partial charge in [-0.15, -0.1) is 0 Å². The van der Waals surface area contributed by atoms with E-state index in [1.807, 2.05) is 19.2 Å². The molecule has 1 rings (SSSR count). The molecule has 0 spiro atoms. The first-order chi connectivity index (χ1) is 6.98. The molecule has 0 heterocycles. The summed E-state index contributed by atoms with van der Waals surface area (Å²) < 4.78 is 6.41. The van der Waals surface area contributed by atoms with Crippen molar-refractivity contribution in [1.82, 2.24) is 5.32 Å². The van der Waals surface area contributed by atoms with Crippen molar-refractivity contribution in [3.63, 3.8) is 0 Å². The molecular weight excluding hydrogens is 254 g/mol. The smallest absolute Gasteiger partial charge is 0.123 e. The summed E-state index contributed by atoms with van der Waals surface area (Å²) in [6, 6.07) is 6.15. The molecule has 0 aliphatic heterocycles. The van der Waals surface area contributed by atoms with Gasteiger partial charge in [-0.05, 0) is 45.0 Å². The van der Waals surface area contributed by atoms with Crippen LogP contribution in [0.15, 0.2) is 22.7 Å². The van der Waals surface area contributed by atoms with Crippen LogP contribution < -0.4 is 10.1 Å². The first kappa shape index (κ1) is 12.5. The fraction of sp³-hybridized carbons (Fsp3) is 0.500. The third kappa shape index (κ3) is 3.50. The highest BCUT2D eigenvalue weighted by Gasteiger charge is 2.17. The van der Waals surface area contributed by atoms with E-state index in [1.54, 1.807) is 7.11 Å². The van der Waals surface area contributed by atoms with Crippen LogP contribution in [0.5, 0.6) is 5.75 Å². The van der Waals surface area contributed by atoms with Crippen LogP contribution in [0, 0.1) is 0 Å². The van der Waals surface area contributed by atoms with Crippen molar-refractivity contribution < 1.29 is 4.74 Å². The van der Waals surface area contributed by atoms with E-state index in [-0.39, 0.29) is 5.54 Å². The lowest BCUT2D eigenvalue weighted by molar-refractivity contribution is 0.386. The average molecular weight is 272 g/mol. The zero-order valence-electron chi connectivity index (χ0n) is 9.73. The molecule has 1 N–H and O–H groups in total. The van der Waals surface area contributed by atoms with Crippen molar-refractivity contribution in [1.29, 1.82) is 0 Å². The molecule has 0 aliphatic carbocycles. The predicted octanol–water partition coefficient (Wildman–Crippen LogP) is 3.00. The van der Waals surface area contributed by atoms with Crippen LogP contribution in [0.3, 0.4) is 0 Å². The summed E-state index contributed by atoms with van der Waals surface area (Å²) in [6.45, 7) is 4.35. The molecule has 0 unspecified atom stereocenters. The fourth-order valence-corrected chi connectivity index (χ4v) is 1.77. The molecule has 15 heavy (non-hydrogen) atoms. The van der Waals surface area contributed by atoms with E-state index < -0.39 is 0 Å². The Balaban J connectivity index is 2.94. The van der Waals surface area contributed by atoms with Crippen LogP contribution in [0.4, 0.5) is 0 Å². The largest absolute Gasteiger partial charge is 0.496 e. The number of benzene rings is 1. The number of rotatable bonds is 4. The molecule has 0 aromatic heterocycles. The summed E-state index contributed by atoms with van der Waals surface area (Å²) in [5.41, 5.74) is 1.31. The maximum Gasteiger partial charge on any atom is 0.123 e. The molecular formula is C12H18BrNO. The van der Waals surface area contributed by atoms with E-state index in [0.29, 0.717) is 0 Å². The van der Waals surface area contributed by atoms with Crippen LogP contribution in [0.25, 0.3) is 0 Å². The zero-order chi connectivity index (χ0) is 11.5. The Labute approximate surface area is 100 Å². The van der Waals surface area contributed by atoms with E-state index in [9.17, 15) is 0 Å². The molecule has 0 saturated heterocycles. The quantitative estimate of drug-likeness (QED) is 0.909. The fourth-order valence-electron chi connectivity index (χ4n) is 1.43. The number of likely N-dealkylation sites (N-methyl/N-ethyl adjacent to an activating group) is 1. The standard InChI is InChI=1S/C12H18BrNO/c1-12(2,14-3)8-9-5-6-10(13)7-11(9)15-4/h5-7,14H,8H2,1-4H3. The number of ether oxygens (including phenoxy) is 1. The highest BCUT2D eigenvalue weighted by molar-refractivity contribution is 9.10. The lowest BCUT2D eigenvalue weighted by Crippen LogP contribution is -2.38. The van der Waals surface area contributed by atoms with E-state index in [2.05, 4.69) is 41.2 Å². The van der Waals surface area contributed by atoms with Gasteiger partial charge in [0, 0.05) is 10.0 Å². The second kappa shape index (κ2) is 4.99. The van der Waals surface area contributed by atoms with Gasteiger partial charge in [0.15, 0.2) is 0 Å². The van der Waals surface area contributed by atoms with Gasteiger partial charge in [0.05, 0.1) is 7.11 Å². The molecule has 3 heteroatoms. The van der Waals surface area contributed by atoms with Crippen LogP contribution in [-0.4, -0.2) is 19.7 Å². The van der Waals surface area contributed by atoms with Gasteiger partial charge in [-0.1, -0.05) is 22.0 Å². The van der Waals surface area contributed by atoms with Gasteiger partial charge in [-0.3, -0.25) is 0 Å². The first-order valence-electron chi connectivity index (χ1n) is 5.00. The highest BCUT2D eigenvalue weighted by Crippen LogP contribution is 2.26. The maximum absolute atomic E-state index is 5.36. The van der Waals surface area contributed by atoms with E-state index in [0.717, 1.165) is 16.6 Å². The Kier molecular flexibility index (Phi) is 4.17. The summed E-state index contributed by atoms with van der Waals surface area (Å²) in [5, 5.41) is 3.29. The lowest BCUT2D eigenvalue weighted by Gasteiger charge is -2.25. The average Bonchev–Trinajstić information content (AvgIpc) is 2.20. The van der Waals surface area contributed by atoms with Gasteiger partial charge in [-0.2, -0.15) is 0 Å². The zero-order valence-corrected chi connectivity index (χ0v) is 11.3. The van der Waals surface area contributed by atoms with Gasteiger partial charge in [-0.25, -0.2) is 0 Å². The second-order valence-corrected chi connectivity index (χ2v) is 5.18. The molecule has 0 atom stereocenters. The minimum Gasteiger partial charge on any atom is -0.496 e. The lowest BCUT2D eigenvalue weighted by atomic mass is 9.95. The molecule has 0 bridgehead atoms. The molecule has 1 aromatic carbocycles. The summed E-state index contributed by atoms with van der Waals surface area (Å²) in [4.78, 5) is 0. The Morgan fingerprint density at radius 3 is 2.60 bits per heavy atom. The number of hydrogen-bond donors (Lipinski definition) is 1. The number of methoxy groups -OCH3 is 1. The molecule has 0 fully saturated rings. The number of hydrogen-bond acceptors (Lipinski definition) is 2. The summed E-state index contributed by atoms with van der Waals surface area (Å²) in [5.74, 6) is 0.938.